The highest BCUT2D eigenvalue weighted by Crippen LogP contribution is 2.23. The molecule has 0 aliphatic heterocycles. The van der Waals surface area contributed by atoms with Crippen LogP contribution in [0.25, 0.3) is 0 Å². The van der Waals surface area contributed by atoms with Gasteiger partial charge in [0.1, 0.15) is 11.5 Å². The molecule has 0 spiro atoms. The first-order chi connectivity index (χ1) is 10.1. The summed E-state index contributed by atoms with van der Waals surface area (Å²) in [6.45, 7) is 2.68. The molecule has 2 N–H and O–H groups in total. The molecule has 0 radical (unpaired) electrons. The van der Waals surface area contributed by atoms with Crippen molar-refractivity contribution >= 4 is 5.78 Å². The maximum atomic E-state index is 12.2. The molecule has 0 aliphatic rings. The zero-order valence-corrected chi connectivity index (χ0v) is 12.5. The number of methoxy groups -OCH3 is 2. The van der Waals surface area contributed by atoms with E-state index >= 15 is 0 Å². The fourth-order valence-corrected chi connectivity index (χ4v) is 1.97. The molecule has 0 amide bonds. The minimum absolute atomic E-state index is 0.0691. The number of phenolic OH excluding ortho intramolecular Hbond substituents is 2. The lowest BCUT2D eigenvalue weighted by Crippen LogP contribution is -2.34. The van der Waals surface area contributed by atoms with E-state index in [0.29, 0.717) is 26.3 Å². The van der Waals surface area contributed by atoms with Crippen molar-refractivity contribution in [1.82, 2.24) is 4.90 Å². The maximum absolute atomic E-state index is 12.2. The van der Waals surface area contributed by atoms with E-state index in [1.54, 1.807) is 14.2 Å². The fraction of sp³-hybridized carbons (Fsp3) is 0.533. The Bertz CT molecular complexity index is 450. The molecule has 6 nitrogen and oxygen atoms in total. The quantitative estimate of drug-likeness (QED) is 0.500. The maximum Gasteiger partial charge on any atom is 0.180 e. The van der Waals surface area contributed by atoms with Crippen LogP contribution >= 0.6 is 0 Å². The molecule has 0 unspecified atom stereocenters. The number of phenols is 2. The van der Waals surface area contributed by atoms with Gasteiger partial charge in [-0.15, -0.1) is 0 Å². The monoisotopic (exact) mass is 297 g/mol. The van der Waals surface area contributed by atoms with E-state index in [1.165, 1.54) is 12.1 Å². The second kappa shape index (κ2) is 9.33. The highest BCUT2D eigenvalue weighted by molar-refractivity contribution is 6.00. The van der Waals surface area contributed by atoms with Crippen LogP contribution in [0.3, 0.4) is 0 Å². The number of aromatic hydroxyl groups is 2. The molecule has 0 bridgehead atoms. The number of ether oxygens (including phenoxy) is 2. The number of carbonyl (C=O) groups is 1. The topological polar surface area (TPSA) is 79.2 Å². The molecule has 0 saturated heterocycles. The van der Waals surface area contributed by atoms with Gasteiger partial charge in [-0.1, -0.05) is 0 Å². The number of ketones is 1. The highest BCUT2D eigenvalue weighted by atomic mass is 16.5. The van der Waals surface area contributed by atoms with Crippen LogP contribution in [0.5, 0.6) is 11.5 Å². The summed E-state index contributed by atoms with van der Waals surface area (Å²) in [4.78, 5) is 14.2. The predicted octanol–water partition coefficient (Wildman–Crippen LogP) is 1.27. The molecule has 1 aromatic rings. The summed E-state index contributed by atoms with van der Waals surface area (Å²) >= 11 is 0. The van der Waals surface area contributed by atoms with Gasteiger partial charge in [-0.2, -0.15) is 0 Å². The average molecular weight is 297 g/mol. The molecular formula is C15H23NO5. The van der Waals surface area contributed by atoms with Crippen molar-refractivity contribution in [2.75, 3.05) is 47.1 Å². The second-order valence-corrected chi connectivity index (χ2v) is 4.74. The van der Waals surface area contributed by atoms with Crippen LogP contribution in [0.2, 0.25) is 0 Å². The van der Waals surface area contributed by atoms with Crippen LogP contribution in [0.1, 0.15) is 16.8 Å². The summed E-state index contributed by atoms with van der Waals surface area (Å²) < 4.78 is 10.0. The third kappa shape index (κ3) is 6.12. The Morgan fingerprint density at radius 3 is 2.48 bits per heavy atom. The minimum atomic E-state index is -0.205. The summed E-state index contributed by atoms with van der Waals surface area (Å²) in [7, 11) is 3.25. The van der Waals surface area contributed by atoms with Crippen LogP contribution in [0.15, 0.2) is 18.2 Å². The number of hydrogen-bond donors (Lipinski definition) is 2. The predicted molar refractivity (Wildman–Crippen MR) is 78.9 cm³/mol. The molecular weight excluding hydrogens is 274 g/mol. The van der Waals surface area contributed by atoms with Crippen molar-refractivity contribution < 1.29 is 24.5 Å². The third-order valence-corrected chi connectivity index (χ3v) is 3.08. The molecule has 0 aliphatic carbocycles. The molecule has 0 aromatic heterocycles. The van der Waals surface area contributed by atoms with Gasteiger partial charge >= 0.3 is 0 Å². The average Bonchev–Trinajstić information content (AvgIpc) is 2.44. The van der Waals surface area contributed by atoms with Crippen molar-refractivity contribution in [1.29, 1.82) is 0 Å². The Labute approximate surface area is 124 Å². The number of rotatable bonds is 10. The Balaban J connectivity index is 2.64. The zero-order valence-electron chi connectivity index (χ0n) is 12.5. The van der Waals surface area contributed by atoms with E-state index in [0.717, 1.165) is 12.5 Å². The summed E-state index contributed by atoms with van der Waals surface area (Å²) in [5, 5.41) is 19.0. The van der Waals surface area contributed by atoms with Crippen LogP contribution in [-0.2, 0) is 9.47 Å². The number of nitrogens with zero attached hydrogens (tertiary/aromatic N) is 1. The van der Waals surface area contributed by atoms with Gasteiger partial charge in [-0.25, -0.2) is 0 Å². The highest BCUT2D eigenvalue weighted by Gasteiger charge is 2.16. The van der Waals surface area contributed by atoms with Crippen molar-refractivity contribution in [2.45, 2.75) is 6.42 Å². The molecule has 0 saturated carbocycles. The third-order valence-electron chi connectivity index (χ3n) is 3.08. The summed E-state index contributed by atoms with van der Waals surface area (Å²) in [6.07, 6.45) is 0.815. The summed E-state index contributed by atoms with van der Waals surface area (Å²) in [6, 6.07) is 3.98. The van der Waals surface area contributed by atoms with Crippen molar-refractivity contribution in [3.8, 4) is 11.5 Å². The fourth-order valence-electron chi connectivity index (χ4n) is 1.97. The molecule has 21 heavy (non-hydrogen) atoms. The van der Waals surface area contributed by atoms with Crippen LogP contribution in [-0.4, -0.2) is 68.0 Å². The molecule has 0 atom stereocenters. The first-order valence-electron chi connectivity index (χ1n) is 6.84. The standard InChI is InChI=1S/C15H23NO5/c1-20-8-3-6-16(7-9-21-2)11-15(19)13-5-4-12(17)10-14(13)18/h4-5,10,17-18H,3,6-9,11H2,1-2H3. The molecule has 0 fully saturated rings. The Hall–Kier alpha value is -1.63. The van der Waals surface area contributed by atoms with Gasteiger partial charge in [0.15, 0.2) is 5.78 Å². The van der Waals surface area contributed by atoms with Gasteiger partial charge in [0, 0.05) is 40.0 Å². The van der Waals surface area contributed by atoms with Gasteiger partial charge in [-0.3, -0.25) is 9.69 Å². The summed E-state index contributed by atoms with van der Waals surface area (Å²) in [5.74, 6) is -0.468. The lowest BCUT2D eigenvalue weighted by molar-refractivity contribution is 0.0875. The molecule has 1 rings (SSSR count). The van der Waals surface area contributed by atoms with Gasteiger partial charge < -0.3 is 19.7 Å². The molecule has 0 heterocycles. The Kier molecular flexibility index (Phi) is 7.74. The first-order valence-corrected chi connectivity index (χ1v) is 6.84. The zero-order chi connectivity index (χ0) is 15.7. The number of Topliss-reactive ketones (excluding diaryl/α,β-unsaturated/α-hetero) is 1. The number of carbonyl (C=O) groups excluding carboxylic acids is 1. The molecule has 118 valence electrons. The normalized spacial score (nSPS) is 11.0. The van der Waals surface area contributed by atoms with E-state index in [2.05, 4.69) is 0 Å². The van der Waals surface area contributed by atoms with E-state index in [4.69, 9.17) is 9.47 Å². The summed E-state index contributed by atoms with van der Waals surface area (Å²) in [5.41, 5.74) is 0.210. The minimum Gasteiger partial charge on any atom is -0.508 e. The molecule has 1 aromatic carbocycles. The van der Waals surface area contributed by atoms with Gasteiger partial charge in [0.2, 0.25) is 0 Å². The Morgan fingerprint density at radius 1 is 1.14 bits per heavy atom. The van der Waals surface area contributed by atoms with Crippen molar-refractivity contribution in [3.63, 3.8) is 0 Å². The van der Waals surface area contributed by atoms with Crippen LogP contribution < -0.4 is 0 Å². The van der Waals surface area contributed by atoms with Gasteiger partial charge in [0.05, 0.1) is 18.7 Å². The second-order valence-electron chi connectivity index (χ2n) is 4.74. The smallest absolute Gasteiger partial charge is 0.180 e. The number of benzene rings is 1. The van der Waals surface area contributed by atoms with Crippen molar-refractivity contribution in [3.05, 3.63) is 23.8 Å². The lowest BCUT2D eigenvalue weighted by Gasteiger charge is -2.21. The van der Waals surface area contributed by atoms with Gasteiger partial charge in [0.25, 0.3) is 0 Å². The Morgan fingerprint density at radius 2 is 1.86 bits per heavy atom. The van der Waals surface area contributed by atoms with Crippen molar-refractivity contribution in [2.24, 2.45) is 0 Å². The van der Waals surface area contributed by atoms with E-state index < -0.39 is 0 Å². The number of hydrogen-bond acceptors (Lipinski definition) is 6. The lowest BCUT2D eigenvalue weighted by atomic mass is 10.1. The SMILES string of the molecule is COCCCN(CCOC)CC(=O)c1ccc(O)cc1O. The molecule has 6 heteroatoms. The largest absolute Gasteiger partial charge is 0.508 e. The van der Waals surface area contributed by atoms with E-state index in [-0.39, 0.29) is 29.4 Å². The van der Waals surface area contributed by atoms with Gasteiger partial charge in [-0.05, 0) is 18.6 Å². The van der Waals surface area contributed by atoms with E-state index in [9.17, 15) is 15.0 Å². The van der Waals surface area contributed by atoms with E-state index in [1.807, 2.05) is 4.90 Å². The first kappa shape index (κ1) is 17.4. The van der Waals surface area contributed by atoms with Crippen LogP contribution in [0, 0.1) is 0 Å². The van der Waals surface area contributed by atoms with Crippen LogP contribution in [0.4, 0.5) is 0 Å².